The van der Waals surface area contributed by atoms with E-state index in [0.29, 0.717) is 22.3 Å². The lowest BCUT2D eigenvalue weighted by molar-refractivity contribution is 0.627. The van der Waals surface area contributed by atoms with Crippen LogP contribution in [-0.2, 0) is 6.54 Å². The first-order chi connectivity index (χ1) is 8.16. The highest BCUT2D eigenvalue weighted by molar-refractivity contribution is 6.38. The van der Waals surface area contributed by atoms with Gasteiger partial charge in [-0.2, -0.15) is 0 Å². The van der Waals surface area contributed by atoms with Gasteiger partial charge >= 0.3 is 0 Å². The molecular weight excluding hydrogens is 262 g/mol. The van der Waals surface area contributed by atoms with Crippen molar-refractivity contribution in [1.29, 1.82) is 0 Å². The van der Waals surface area contributed by atoms with E-state index in [9.17, 15) is 4.39 Å². The van der Waals surface area contributed by atoms with Crippen LogP contribution in [0.1, 0.15) is 5.56 Å². The highest BCUT2D eigenvalue weighted by atomic mass is 35.5. The summed E-state index contributed by atoms with van der Waals surface area (Å²) in [6.45, 7) is 0.518. The molecule has 1 aromatic carbocycles. The lowest BCUT2D eigenvalue weighted by Gasteiger charge is -2.09. The number of benzene rings is 1. The molecule has 2 nitrogen and oxygen atoms in total. The third kappa shape index (κ3) is 3.08. The highest BCUT2D eigenvalue weighted by Crippen LogP contribution is 2.28. The molecule has 0 bridgehead atoms. The third-order valence-electron chi connectivity index (χ3n) is 2.24. The molecule has 17 heavy (non-hydrogen) atoms. The molecule has 1 aromatic heterocycles. The molecule has 2 rings (SSSR count). The molecule has 0 atom stereocenters. The van der Waals surface area contributed by atoms with Crippen LogP contribution in [0.2, 0.25) is 10.0 Å². The monoisotopic (exact) mass is 270 g/mol. The van der Waals surface area contributed by atoms with Gasteiger partial charge in [-0.15, -0.1) is 0 Å². The van der Waals surface area contributed by atoms with Crippen LogP contribution in [0, 0.1) is 5.82 Å². The van der Waals surface area contributed by atoms with E-state index in [1.54, 1.807) is 12.1 Å². The molecule has 0 aliphatic rings. The molecule has 0 amide bonds. The van der Waals surface area contributed by atoms with Crippen molar-refractivity contribution >= 4 is 28.9 Å². The fourth-order valence-corrected chi connectivity index (χ4v) is 1.87. The zero-order chi connectivity index (χ0) is 12.3. The van der Waals surface area contributed by atoms with Crippen LogP contribution >= 0.6 is 23.2 Å². The molecule has 2 aromatic rings. The molecular formula is C12H9Cl2FN2. The minimum Gasteiger partial charge on any atom is -0.378 e. The van der Waals surface area contributed by atoms with Gasteiger partial charge in [0.15, 0.2) is 0 Å². The molecule has 0 saturated carbocycles. The summed E-state index contributed by atoms with van der Waals surface area (Å²) in [5.41, 5.74) is 1.57. The van der Waals surface area contributed by atoms with Crippen LogP contribution in [-0.4, -0.2) is 4.98 Å². The topological polar surface area (TPSA) is 24.9 Å². The number of halogens is 3. The average Bonchev–Trinajstić information content (AvgIpc) is 2.31. The number of hydrogen-bond acceptors (Lipinski definition) is 2. The van der Waals surface area contributed by atoms with E-state index in [1.807, 2.05) is 0 Å². The van der Waals surface area contributed by atoms with Crippen LogP contribution in [0.25, 0.3) is 0 Å². The number of rotatable bonds is 3. The number of hydrogen-bond donors (Lipinski definition) is 1. The van der Waals surface area contributed by atoms with Gasteiger partial charge in [0.05, 0.1) is 15.7 Å². The summed E-state index contributed by atoms with van der Waals surface area (Å²) < 4.78 is 12.7. The predicted molar refractivity (Wildman–Crippen MR) is 68.0 cm³/mol. The minimum atomic E-state index is -0.256. The Morgan fingerprint density at radius 3 is 2.24 bits per heavy atom. The summed E-state index contributed by atoms with van der Waals surface area (Å²) >= 11 is 11.9. The standard InChI is InChI=1S/C12H9Cl2FN2/c13-10-6-16-7-11(14)12(10)17-5-8-1-3-9(15)4-2-8/h1-4,6-7H,5H2,(H,16,17). The maximum Gasteiger partial charge on any atom is 0.123 e. The second kappa shape index (κ2) is 5.34. The van der Waals surface area contributed by atoms with Crippen molar-refractivity contribution in [1.82, 2.24) is 4.98 Å². The number of nitrogens with one attached hydrogen (secondary N) is 1. The third-order valence-corrected chi connectivity index (χ3v) is 2.81. The van der Waals surface area contributed by atoms with E-state index in [-0.39, 0.29) is 5.82 Å². The maximum absolute atomic E-state index is 12.7. The Balaban J connectivity index is 2.10. The van der Waals surface area contributed by atoms with Gasteiger partial charge in [-0.3, -0.25) is 4.98 Å². The van der Waals surface area contributed by atoms with E-state index in [1.165, 1.54) is 24.5 Å². The van der Waals surface area contributed by atoms with Crippen molar-refractivity contribution < 1.29 is 4.39 Å². The highest BCUT2D eigenvalue weighted by Gasteiger charge is 2.05. The summed E-state index contributed by atoms with van der Waals surface area (Å²) in [5, 5.41) is 4.01. The number of anilines is 1. The Morgan fingerprint density at radius 1 is 1.06 bits per heavy atom. The molecule has 0 aliphatic carbocycles. The van der Waals surface area contributed by atoms with Crippen LogP contribution in [0.15, 0.2) is 36.7 Å². The van der Waals surface area contributed by atoms with Gasteiger partial charge in [0.2, 0.25) is 0 Å². The fraction of sp³-hybridized carbons (Fsp3) is 0.0833. The first-order valence-corrected chi connectivity index (χ1v) is 5.70. The summed E-state index contributed by atoms with van der Waals surface area (Å²) in [4.78, 5) is 3.86. The molecule has 5 heteroatoms. The number of pyridine rings is 1. The first kappa shape index (κ1) is 12.1. The summed E-state index contributed by atoms with van der Waals surface area (Å²) in [5.74, 6) is -0.256. The van der Waals surface area contributed by atoms with E-state index in [4.69, 9.17) is 23.2 Å². The van der Waals surface area contributed by atoms with Gasteiger partial charge in [0.25, 0.3) is 0 Å². The SMILES string of the molecule is Fc1ccc(CNc2c(Cl)cncc2Cl)cc1. The van der Waals surface area contributed by atoms with Crippen molar-refractivity contribution in [2.45, 2.75) is 6.54 Å². The van der Waals surface area contributed by atoms with Crippen LogP contribution in [0.4, 0.5) is 10.1 Å². The normalized spacial score (nSPS) is 10.3. The molecule has 0 saturated heterocycles. The van der Waals surface area contributed by atoms with Gasteiger partial charge in [-0.05, 0) is 17.7 Å². The number of nitrogens with zero attached hydrogens (tertiary/aromatic N) is 1. The molecule has 1 heterocycles. The molecule has 0 fully saturated rings. The van der Waals surface area contributed by atoms with Crippen molar-refractivity contribution in [3.05, 3.63) is 58.1 Å². The number of aromatic nitrogens is 1. The Kier molecular flexibility index (Phi) is 3.82. The quantitative estimate of drug-likeness (QED) is 0.907. The first-order valence-electron chi connectivity index (χ1n) is 4.94. The molecule has 0 spiro atoms. The van der Waals surface area contributed by atoms with Gasteiger partial charge in [-0.1, -0.05) is 35.3 Å². The zero-order valence-electron chi connectivity index (χ0n) is 8.75. The summed E-state index contributed by atoms with van der Waals surface area (Å²) in [7, 11) is 0. The van der Waals surface area contributed by atoms with Crippen molar-refractivity contribution in [2.24, 2.45) is 0 Å². The lowest BCUT2D eigenvalue weighted by Crippen LogP contribution is -2.01. The van der Waals surface area contributed by atoms with Crippen LogP contribution in [0.3, 0.4) is 0 Å². The Labute approximate surface area is 108 Å². The largest absolute Gasteiger partial charge is 0.378 e. The molecule has 88 valence electrons. The second-order valence-electron chi connectivity index (χ2n) is 3.46. The second-order valence-corrected chi connectivity index (χ2v) is 4.27. The lowest BCUT2D eigenvalue weighted by atomic mass is 10.2. The van der Waals surface area contributed by atoms with Gasteiger partial charge < -0.3 is 5.32 Å². The Bertz CT molecular complexity index is 494. The predicted octanol–water partition coefficient (Wildman–Crippen LogP) is 4.14. The fourth-order valence-electron chi connectivity index (χ4n) is 1.37. The van der Waals surface area contributed by atoms with E-state index < -0.39 is 0 Å². The maximum atomic E-state index is 12.7. The summed E-state index contributed by atoms with van der Waals surface area (Å²) in [6.07, 6.45) is 3.03. The smallest absolute Gasteiger partial charge is 0.123 e. The van der Waals surface area contributed by atoms with Crippen LogP contribution in [0.5, 0.6) is 0 Å². The molecule has 0 radical (unpaired) electrons. The molecule has 0 unspecified atom stereocenters. The average molecular weight is 271 g/mol. The minimum absolute atomic E-state index is 0.256. The van der Waals surface area contributed by atoms with Gasteiger partial charge in [0.1, 0.15) is 5.82 Å². The van der Waals surface area contributed by atoms with Crippen molar-refractivity contribution in [3.8, 4) is 0 Å². The Morgan fingerprint density at radius 2 is 1.65 bits per heavy atom. The van der Waals surface area contributed by atoms with Crippen molar-refractivity contribution in [2.75, 3.05) is 5.32 Å². The van der Waals surface area contributed by atoms with Crippen LogP contribution < -0.4 is 5.32 Å². The van der Waals surface area contributed by atoms with Gasteiger partial charge in [-0.25, -0.2) is 4.39 Å². The zero-order valence-corrected chi connectivity index (χ0v) is 10.3. The van der Waals surface area contributed by atoms with Gasteiger partial charge in [0, 0.05) is 18.9 Å². The summed E-state index contributed by atoms with van der Waals surface area (Å²) in [6, 6.07) is 6.22. The molecule has 0 aliphatic heterocycles. The van der Waals surface area contributed by atoms with E-state index >= 15 is 0 Å². The van der Waals surface area contributed by atoms with E-state index in [0.717, 1.165) is 5.56 Å². The van der Waals surface area contributed by atoms with E-state index in [2.05, 4.69) is 10.3 Å². The Hall–Kier alpha value is -1.32. The van der Waals surface area contributed by atoms with Crippen molar-refractivity contribution in [3.63, 3.8) is 0 Å². The molecule has 1 N–H and O–H groups in total.